The summed E-state index contributed by atoms with van der Waals surface area (Å²) in [4.78, 5) is 10.2. The van der Waals surface area contributed by atoms with Gasteiger partial charge in [0.15, 0.2) is 0 Å². The van der Waals surface area contributed by atoms with E-state index >= 15 is 0 Å². The van der Waals surface area contributed by atoms with E-state index in [1.807, 2.05) is 0 Å². The zero-order valence-corrected chi connectivity index (χ0v) is 10.2. The third-order valence-electron chi connectivity index (χ3n) is 2.54. The molecule has 0 heterocycles. The fourth-order valence-electron chi connectivity index (χ4n) is 1.65. The number of rotatable bonds is 5. The van der Waals surface area contributed by atoms with Crippen molar-refractivity contribution < 1.29 is 23.1 Å². The average Bonchev–Trinajstić information content (AvgIpc) is 2.33. The van der Waals surface area contributed by atoms with Crippen molar-refractivity contribution in [3.8, 4) is 0 Å². The van der Waals surface area contributed by atoms with Crippen LogP contribution in [0.15, 0.2) is 36.4 Å². The van der Waals surface area contributed by atoms with E-state index < -0.39 is 23.8 Å². The Morgan fingerprint density at radius 3 is 2.63 bits per heavy atom. The van der Waals surface area contributed by atoms with Crippen molar-refractivity contribution in [3.05, 3.63) is 47.5 Å². The summed E-state index contributed by atoms with van der Waals surface area (Å²) in [5.41, 5.74) is -0.545. The fourth-order valence-corrected chi connectivity index (χ4v) is 1.65. The van der Waals surface area contributed by atoms with E-state index in [-0.39, 0.29) is 12.1 Å². The van der Waals surface area contributed by atoms with Crippen molar-refractivity contribution in [1.82, 2.24) is 5.32 Å². The number of halogens is 3. The molecule has 19 heavy (non-hydrogen) atoms. The maximum Gasteiger partial charge on any atom is 0.416 e. The van der Waals surface area contributed by atoms with Gasteiger partial charge in [0.2, 0.25) is 0 Å². The van der Waals surface area contributed by atoms with Crippen LogP contribution in [0.25, 0.3) is 0 Å². The zero-order valence-electron chi connectivity index (χ0n) is 10.2. The summed E-state index contributed by atoms with van der Waals surface area (Å²) in [6, 6.07) is 4.78. The van der Waals surface area contributed by atoms with Crippen LogP contribution in [0.5, 0.6) is 0 Å². The van der Waals surface area contributed by atoms with Crippen molar-refractivity contribution >= 4 is 5.97 Å². The Labute approximate surface area is 108 Å². The molecule has 1 rings (SSSR count). The number of carboxylic acids is 1. The second-order valence-corrected chi connectivity index (χ2v) is 3.96. The number of benzene rings is 1. The monoisotopic (exact) mass is 273 g/mol. The Morgan fingerprint density at radius 2 is 2.05 bits per heavy atom. The molecule has 0 fully saturated rings. The molecule has 0 amide bonds. The van der Waals surface area contributed by atoms with Crippen LogP contribution < -0.4 is 5.32 Å². The van der Waals surface area contributed by atoms with Gasteiger partial charge in [-0.25, -0.2) is 4.79 Å². The smallest absolute Gasteiger partial charge is 0.416 e. The summed E-state index contributed by atoms with van der Waals surface area (Å²) >= 11 is 0. The van der Waals surface area contributed by atoms with Crippen LogP contribution in [0.3, 0.4) is 0 Å². The number of aliphatic carboxylic acids is 1. The van der Waals surface area contributed by atoms with Gasteiger partial charge in [0.1, 0.15) is 0 Å². The van der Waals surface area contributed by atoms with Gasteiger partial charge in [-0.2, -0.15) is 13.2 Å². The highest BCUT2D eigenvalue weighted by molar-refractivity contribution is 5.79. The number of hydrogen-bond donors (Lipinski definition) is 2. The SMILES string of the molecule is CC(NCC=CC(=O)O)c1ccccc1C(F)(F)F. The lowest BCUT2D eigenvalue weighted by Crippen LogP contribution is -2.22. The Hall–Kier alpha value is -1.82. The first kappa shape index (κ1) is 15.2. The Morgan fingerprint density at radius 1 is 1.42 bits per heavy atom. The number of hydrogen-bond acceptors (Lipinski definition) is 2. The minimum atomic E-state index is -4.40. The zero-order chi connectivity index (χ0) is 14.5. The van der Waals surface area contributed by atoms with Crippen LogP contribution >= 0.6 is 0 Å². The number of carbonyl (C=O) groups is 1. The summed E-state index contributed by atoms with van der Waals surface area (Å²) in [7, 11) is 0. The van der Waals surface area contributed by atoms with E-state index in [0.717, 1.165) is 12.1 Å². The second kappa shape index (κ2) is 6.38. The van der Waals surface area contributed by atoms with Crippen molar-refractivity contribution in [3.63, 3.8) is 0 Å². The molecule has 0 aliphatic carbocycles. The highest BCUT2D eigenvalue weighted by atomic mass is 19.4. The van der Waals surface area contributed by atoms with Gasteiger partial charge < -0.3 is 10.4 Å². The number of nitrogens with one attached hydrogen (secondary N) is 1. The molecule has 104 valence electrons. The van der Waals surface area contributed by atoms with Crippen molar-refractivity contribution in [2.45, 2.75) is 19.1 Å². The first-order valence-corrected chi connectivity index (χ1v) is 5.61. The van der Waals surface area contributed by atoms with Gasteiger partial charge in [0.25, 0.3) is 0 Å². The van der Waals surface area contributed by atoms with Gasteiger partial charge in [0, 0.05) is 18.7 Å². The van der Waals surface area contributed by atoms with Crippen molar-refractivity contribution in [2.75, 3.05) is 6.54 Å². The topological polar surface area (TPSA) is 49.3 Å². The van der Waals surface area contributed by atoms with E-state index in [4.69, 9.17) is 5.11 Å². The standard InChI is InChI=1S/C13H14F3NO2/c1-9(17-8-4-7-12(18)19)10-5-2-3-6-11(10)13(14,15)16/h2-7,9,17H,8H2,1H3,(H,18,19). The summed E-state index contributed by atoms with van der Waals surface area (Å²) < 4.78 is 38.4. The largest absolute Gasteiger partial charge is 0.478 e. The van der Waals surface area contributed by atoms with E-state index in [9.17, 15) is 18.0 Å². The Balaban J connectivity index is 2.77. The molecule has 0 saturated heterocycles. The fraction of sp³-hybridized carbons (Fsp3) is 0.308. The quantitative estimate of drug-likeness (QED) is 0.811. The predicted octanol–water partition coefficient (Wildman–Crippen LogP) is 3.00. The lowest BCUT2D eigenvalue weighted by atomic mass is 10.0. The van der Waals surface area contributed by atoms with Crippen LogP contribution in [-0.4, -0.2) is 17.6 Å². The average molecular weight is 273 g/mol. The molecular formula is C13H14F3NO2. The maximum atomic E-state index is 12.8. The van der Waals surface area contributed by atoms with Crippen LogP contribution in [0.2, 0.25) is 0 Å². The molecule has 1 atom stereocenters. The van der Waals surface area contributed by atoms with Gasteiger partial charge in [-0.1, -0.05) is 24.3 Å². The molecule has 6 heteroatoms. The molecule has 0 bridgehead atoms. The summed E-state index contributed by atoms with van der Waals surface area (Å²) in [6.45, 7) is 1.78. The predicted molar refractivity (Wildman–Crippen MR) is 64.6 cm³/mol. The minimum absolute atomic E-state index is 0.138. The molecule has 0 saturated carbocycles. The van der Waals surface area contributed by atoms with Gasteiger partial charge in [0.05, 0.1) is 5.56 Å². The van der Waals surface area contributed by atoms with Gasteiger partial charge >= 0.3 is 12.1 Å². The molecule has 0 aliphatic heterocycles. The second-order valence-electron chi connectivity index (χ2n) is 3.96. The molecule has 0 radical (unpaired) electrons. The molecule has 3 nitrogen and oxygen atoms in total. The van der Waals surface area contributed by atoms with E-state index in [1.54, 1.807) is 6.92 Å². The van der Waals surface area contributed by atoms with Gasteiger partial charge in [-0.15, -0.1) is 0 Å². The molecule has 0 aliphatic rings. The number of carboxylic acid groups (broad SMARTS) is 1. The van der Waals surface area contributed by atoms with E-state index in [0.29, 0.717) is 0 Å². The third kappa shape index (κ3) is 4.75. The molecule has 1 aromatic rings. The van der Waals surface area contributed by atoms with Crippen molar-refractivity contribution in [1.29, 1.82) is 0 Å². The maximum absolute atomic E-state index is 12.8. The molecule has 0 spiro atoms. The summed E-state index contributed by atoms with van der Waals surface area (Å²) in [6.07, 6.45) is -2.12. The highest BCUT2D eigenvalue weighted by Crippen LogP contribution is 2.34. The molecule has 1 aromatic carbocycles. The van der Waals surface area contributed by atoms with Crippen LogP contribution in [0.1, 0.15) is 24.1 Å². The highest BCUT2D eigenvalue weighted by Gasteiger charge is 2.33. The normalized spacial score (nSPS) is 13.7. The molecule has 2 N–H and O–H groups in total. The first-order chi connectivity index (χ1) is 8.82. The molecule has 0 aromatic heterocycles. The molecule has 1 unspecified atom stereocenters. The van der Waals surface area contributed by atoms with E-state index in [2.05, 4.69) is 5.32 Å². The lowest BCUT2D eigenvalue weighted by Gasteiger charge is -2.18. The minimum Gasteiger partial charge on any atom is -0.478 e. The van der Waals surface area contributed by atoms with E-state index in [1.165, 1.54) is 24.3 Å². The summed E-state index contributed by atoms with van der Waals surface area (Å²) in [5, 5.41) is 11.2. The van der Waals surface area contributed by atoms with Crippen LogP contribution in [0.4, 0.5) is 13.2 Å². The lowest BCUT2D eigenvalue weighted by molar-refractivity contribution is -0.138. The summed E-state index contributed by atoms with van der Waals surface area (Å²) in [5.74, 6) is -1.09. The van der Waals surface area contributed by atoms with Gasteiger partial charge in [-0.05, 0) is 18.6 Å². The van der Waals surface area contributed by atoms with Crippen LogP contribution in [-0.2, 0) is 11.0 Å². The third-order valence-corrected chi connectivity index (χ3v) is 2.54. The van der Waals surface area contributed by atoms with Crippen molar-refractivity contribution in [2.24, 2.45) is 0 Å². The van der Waals surface area contributed by atoms with Crippen LogP contribution in [0, 0.1) is 0 Å². The molecular weight excluding hydrogens is 259 g/mol. The van der Waals surface area contributed by atoms with Gasteiger partial charge in [-0.3, -0.25) is 0 Å². The Bertz CT molecular complexity index is 469. The Kier molecular flexibility index (Phi) is 5.11. The first-order valence-electron chi connectivity index (χ1n) is 5.61. The number of alkyl halides is 3.